The summed E-state index contributed by atoms with van der Waals surface area (Å²) in [6.45, 7) is -13.6. The molecule has 0 radical (unpaired) electrons. The van der Waals surface area contributed by atoms with Gasteiger partial charge < -0.3 is 4.90 Å². The van der Waals surface area contributed by atoms with Gasteiger partial charge >= 0.3 is 0 Å². The van der Waals surface area contributed by atoms with Gasteiger partial charge in [0.15, 0.2) is 0 Å². The van der Waals surface area contributed by atoms with Crippen molar-refractivity contribution in [3.63, 3.8) is 0 Å². The van der Waals surface area contributed by atoms with Gasteiger partial charge in [-0.2, -0.15) is 4.98 Å². The molecule has 0 atom stereocenters. The van der Waals surface area contributed by atoms with Gasteiger partial charge in [0.05, 0.1) is 4.47 Å². The van der Waals surface area contributed by atoms with Crippen LogP contribution in [0, 0.1) is 0 Å². The highest BCUT2D eigenvalue weighted by Crippen LogP contribution is 2.20. The summed E-state index contributed by atoms with van der Waals surface area (Å²) in [7, 11) is 0. The van der Waals surface area contributed by atoms with Gasteiger partial charge in [0.1, 0.15) is 5.15 Å². The Hall–Kier alpha value is -0.350. The molecule has 13 heavy (non-hydrogen) atoms. The second-order valence-corrected chi connectivity index (χ2v) is 3.08. The zero-order chi connectivity index (χ0) is 18.4. The predicted octanol–water partition coefficient (Wildman–Crippen LogP) is 2.74. The lowest BCUT2D eigenvalue weighted by Crippen LogP contribution is -2.24. The molecule has 5 heteroatoms. The maximum atomic E-state index is 7.74. The average Bonchev–Trinajstić information content (AvgIpc) is 2.30. The maximum Gasteiger partial charge on any atom is 0.226 e. The number of rotatable bonds is 3. The number of hydrogen-bond donors (Lipinski definition) is 0. The van der Waals surface area contributed by atoms with Crippen LogP contribution in [0.2, 0.25) is 5.15 Å². The zero-order valence-electron chi connectivity index (χ0n) is 16.2. The monoisotopic (exact) mass is 273 g/mol. The summed E-state index contributed by atoms with van der Waals surface area (Å²) in [5.41, 5.74) is 0. The third kappa shape index (κ3) is 2.54. The van der Waals surface area contributed by atoms with Crippen molar-refractivity contribution in [3.8, 4) is 0 Å². The summed E-state index contributed by atoms with van der Waals surface area (Å²) in [5, 5.41) is -0.261. The Kier molecular flexibility index (Phi) is 1.23. The van der Waals surface area contributed by atoms with Crippen LogP contribution in [0.3, 0.4) is 0 Å². The van der Waals surface area contributed by atoms with Gasteiger partial charge in [0, 0.05) is 32.9 Å². The number of nitrogens with zero attached hydrogens (tertiary/aromatic N) is 3. The van der Waals surface area contributed by atoms with E-state index in [4.69, 9.17) is 25.3 Å². The standard InChI is InChI=1S/C8H11BrClN3/c1-3-13(4-2)8-11-5-6(9)7(10)12-8/h5H,3-4H2,1-2H3/i1D3,2D3,3D2,4D2. The van der Waals surface area contributed by atoms with Crippen molar-refractivity contribution in [1.29, 1.82) is 0 Å². The number of anilines is 1. The normalized spacial score (nSPS) is 25.7. The minimum atomic E-state index is -3.41. The molecule has 72 valence electrons. The second kappa shape index (κ2) is 4.77. The summed E-state index contributed by atoms with van der Waals surface area (Å²) in [4.78, 5) is 7.06. The molecule has 1 heterocycles. The number of aromatic nitrogens is 2. The fourth-order valence-corrected chi connectivity index (χ4v) is 0.889. The van der Waals surface area contributed by atoms with E-state index in [1.807, 2.05) is 0 Å². The van der Waals surface area contributed by atoms with Crippen molar-refractivity contribution in [3.05, 3.63) is 15.8 Å². The highest BCUT2D eigenvalue weighted by molar-refractivity contribution is 9.10. The van der Waals surface area contributed by atoms with Crippen LogP contribution in [0.15, 0.2) is 10.7 Å². The molecule has 0 amide bonds. The van der Waals surface area contributed by atoms with Crippen LogP contribution >= 0.6 is 27.5 Å². The van der Waals surface area contributed by atoms with Crippen LogP contribution in [0.4, 0.5) is 5.95 Å². The lowest BCUT2D eigenvalue weighted by Gasteiger charge is -2.18. The summed E-state index contributed by atoms with van der Waals surface area (Å²) in [6.07, 6.45) is 1.03. The first-order valence-electron chi connectivity index (χ1n) is 8.02. The average molecular weight is 275 g/mol. The smallest absolute Gasteiger partial charge is 0.226 e. The molecule has 0 aliphatic heterocycles. The van der Waals surface area contributed by atoms with Gasteiger partial charge in [-0.25, -0.2) is 4.98 Å². The van der Waals surface area contributed by atoms with E-state index < -0.39 is 32.6 Å². The van der Waals surface area contributed by atoms with Crippen LogP contribution in [0.25, 0.3) is 0 Å². The van der Waals surface area contributed by atoms with E-state index in [2.05, 4.69) is 25.9 Å². The van der Waals surface area contributed by atoms with Crippen LogP contribution in [-0.2, 0) is 0 Å². The molecule has 0 aliphatic carbocycles. The van der Waals surface area contributed by atoms with Crippen LogP contribution < -0.4 is 4.90 Å². The number of halogens is 2. The van der Waals surface area contributed by atoms with Gasteiger partial charge in [-0.15, -0.1) is 0 Å². The molecule has 0 unspecified atom stereocenters. The largest absolute Gasteiger partial charge is 0.341 e. The summed E-state index contributed by atoms with van der Waals surface area (Å²) < 4.78 is 74.7. The molecule has 0 saturated carbocycles. The van der Waals surface area contributed by atoms with Crippen LogP contribution in [0.5, 0.6) is 0 Å². The second-order valence-electron chi connectivity index (χ2n) is 1.87. The van der Waals surface area contributed by atoms with Gasteiger partial charge in [-0.3, -0.25) is 0 Å². The van der Waals surface area contributed by atoms with Gasteiger partial charge in [-0.05, 0) is 29.6 Å². The maximum absolute atomic E-state index is 7.74. The van der Waals surface area contributed by atoms with Crippen molar-refractivity contribution < 1.29 is 13.7 Å². The van der Waals surface area contributed by atoms with Gasteiger partial charge in [0.25, 0.3) is 0 Å². The van der Waals surface area contributed by atoms with Crippen molar-refractivity contribution in [2.45, 2.75) is 13.7 Å². The van der Waals surface area contributed by atoms with E-state index >= 15 is 0 Å². The molecule has 1 aromatic heterocycles. The van der Waals surface area contributed by atoms with E-state index in [0.717, 1.165) is 6.20 Å². The first-order valence-corrected chi connectivity index (χ1v) is 4.19. The fraction of sp³-hybridized carbons (Fsp3) is 0.500. The minimum absolute atomic E-state index is 0.127. The summed E-state index contributed by atoms with van der Waals surface area (Å²) in [5.74, 6) is -0.805. The van der Waals surface area contributed by atoms with E-state index in [0.29, 0.717) is 0 Å². The fourth-order valence-electron chi connectivity index (χ4n) is 0.573. The molecule has 0 saturated heterocycles. The zero-order valence-corrected chi connectivity index (χ0v) is 8.52. The Balaban J connectivity index is 3.66. The number of hydrogen-bond acceptors (Lipinski definition) is 3. The molecule has 0 aromatic carbocycles. The third-order valence-electron chi connectivity index (χ3n) is 1.11. The molecule has 0 fully saturated rings. The van der Waals surface area contributed by atoms with Crippen LogP contribution in [-0.4, -0.2) is 23.0 Å². The quantitative estimate of drug-likeness (QED) is 0.794. The Morgan fingerprint density at radius 2 is 2.38 bits per heavy atom. The molecule has 3 nitrogen and oxygen atoms in total. The van der Waals surface area contributed by atoms with E-state index in [9.17, 15) is 0 Å². The first-order chi connectivity index (χ1) is 10.0. The molecular weight excluding hydrogens is 253 g/mol. The minimum Gasteiger partial charge on any atom is -0.341 e. The first kappa shape index (κ1) is 3.35. The van der Waals surface area contributed by atoms with E-state index in [1.165, 1.54) is 0 Å². The highest BCUT2D eigenvalue weighted by Gasteiger charge is 2.07. The SMILES string of the molecule is [2H]C([2H])([2H])C([2H])([2H])N(c1ncc(Br)c(Cl)n1)C([2H])([2H])C([2H])([2H])[2H]. The molecule has 1 aromatic rings. The van der Waals surface area contributed by atoms with E-state index in [1.54, 1.807) is 0 Å². The summed E-state index contributed by atoms with van der Waals surface area (Å²) >= 11 is 8.71. The predicted molar refractivity (Wildman–Crippen MR) is 58.3 cm³/mol. The Labute approximate surface area is 105 Å². The Morgan fingerprint density at radius 1 is 1.69 bits per heavy atom. The van der Waals surface area contributed by atoms with Crippen LogP contribution in [0.1, 0.15) is 27.4 Å². The van der Waals surface area contributed by atoms with Crippen molar-refractivity contribution >= 4 is 33.5 Å². The molecule has 0 aliphatic rings. The Morgan fingerprint density at radius 3 is 2.92 bits per heavy atom. The van der Waals surface area contributed by atoms with E-state index in [-0.39, 0.29) is 14.5 Å². The highest BCUT2D eigenvalue weighted by atomic mass is 79.9. The molecule has 0 spiro atoms. The van der Waals surface area contributed by atoms with Crippen molar-refractivity contribution in [2.75, 3.05) is 17.9 Å². The van der Waals surface area contributed by atoms with Crippen molar-refractivity contribution in [1.82, 2.24) is 9.97 Å². The lowest BCUT2D eigenvalue weighted by atomic mass is 10.5. The Bertz CT molecular complexity index is 560. The van der Waals surface area contributed by atoms with Gasteiger partial charge in [-0.1, -0.05) is 11.6 Å². The lowest BCUT2D eigenvalue weighted by molar-refractivity contribution is 0.820. The molecule has 1 rings (SSSR count). The molecule has 0 bridgehead atoms. The topological polar surface area (TPSA) is 29.0 Å². The van der Waals surface area contributed by atoms with Gasteiger partial charge in [0.2, 0.25) is 5.95 Å². The van der Waals surface area contributed by atoms with Crippen molar-refractivity contribution in [2.24, 2.45) is 0 Å². The molecular formula is C8H11BrClN3. The molecule has 0 N–H and O–H groups in total. The third-order valence-corrected chi connectivity index (χ3v) is 2.21. The summed E-state index contributed by atoms with van der Waals surface area (Å²) in [6, 6.07) is 0.